The Morgan fingerprint density at radius 1 is 1.00 bits per heavy atom. The molecule has 0 bridgehead atoms. The largest absolute Gasteiger partial charge is 0.423 e. The number of ether oxygens (including phenoxy) is 1. The molecule has 2 aromatic carbocycles. The van der Waals surface area contributed by atoms with E-state index in [1.54, 1.807) is 62.4 Å². The summed E-state index contributed by atoms with van der Waals surface area (Å²) >= 11 is 0. The quantitative estimate of drug-likeness (QED) is 0.678. The lowest BCUT2D eigenvalue weighted by atomic mass is 9.97. The minimum Gasteiger partial charge on any atom is -0.423 e. The van der Waals surface area contributed by atoms with Gasteiger partial charge in [-0.3, -0.25) is 0 Å². The van der Waals surface area contributed by atoms with Crippen molar-refractivity contribution in [3.05, 3.63) is 65.7 Å². The van der Waals surface area contributed by atoms with E-state index < -0.39 is 11.6 Å². The molecule has 0 atom stereocenters. The average molecular weight is 256 g/mol. The van der Waals surface area contributed by atoms with Crippen molar-refractivity contribution in [3.63, 3.8) is 0 Å². The minimum absolute atomic E-state index is 0.409. The summed E-state index contributed by atoms with van der Waals surface area (Å²) in [6.07, 6.45) is 0. The maximum Gasteiger partial charge on any atom is 0.343 e. The predicted octanol–water partition coefficient (Wildman–Crippen LogP) is 3.13. The van der Waals surface area contributed by atoms with Crippen LogP contribution in [0.3, 0.4) is 0 Å². The number of carbonyl (C=O) groups excluding carboxylic acids is 1. The van der Waals surface area contributed by atoms with Gasteiger partial charge < -0.3 is 9.84 Å². The molecule has 0 radical (unpaired) electrons. The first kappa shape index (κ1) is 13.3. The van der Waals surface area contributed by atoms with Gasteiger partial charge in [-0.2, -0.15) is 0 Å². The summed E-state index contributed by atoms with van der Waals surface area (Å²) in [6, 6.07) is 15.7. The molecular formula is C16H16O3. The number of aliphatic hydroxyl groups is 1. The van der Waals surface area contributed by atoms with Gasteiger partial charge in [0.05, 0.1) is 11.2 Å². The van der Waals surface area contributed by atoms with Gasteiger partial charge in [0.25, 0.3) is 0 Å². The van der Waals surface area contributed by atoms with E-state index in [0.29, 0.717) is 11.3 Å². The first-order chi connectivity index (χ1) is 8.97. The molecule has 0 unspecified atom stereocenters. The molecule has 3 nitrogen and oxygen atoms in total. The van der Waals surface area contributed by atoms with Crippen LogP contribution in [0.25, 0.3) is 0 Å². The van der Waals surface area contributed by atoms with Crippen LogP contribution in [-0.4, -0.2) is 11.1 Å². The van der Waals surface area contributed by atoms with Crippen molar-refractivity contribution in [3.8, 4) is 5.75 Å². The highest BCUT2D eigenvalue weighted by Crippen LogP contribution is 2.20. The summed E-state index contributed by atoms with van der Waals surface area (Å²) in [4.78, 5) is 11.9. The molecule has 0 amide bonds. The number of hydrogen-bond donors (Lipinski definition) is 1. The zero-order chi connectivity index (χ0) is 13.9. The number of esters is 1. The van der Waals surface area contributed by atoms with Crippen LogP contribution in [0.2, 0.25) is 0 Å². The van der Waals surface area contributed by atoms with E-state index in [4.69, 9.17) is 4.74 Å². The van der Waals surface area contributed by atoms with Crippen LogP contribution in [0.4, 0.5) is 0 Å². The van der Waals surface area contributed by atoms with Crippen LogP contribution in [0.15, 0.2) is 54.6 Å². The van der Waals surface area contributed by atoms with Crippen LogP contribution in [0, 0.1) is 0 Å². The lowest BCUT2D eigenvalue weighted by Gasteiger charge is -2.17. The lowest BCUT2D eigenvalue weighted by Crippen LogP contribution is -2.16. The van der Waals surface area contributed by atoms with Gasteiger partial charge in [0, 0.05) is 0 Å². The van der Waals surface area contributed by atoms with Gasteiger partial charge in [-0.25, -0.2) is 4.79 Å². The molecule has 98 valence electrons. The second-order valence-electron chi connectivity index (χ2n) is 4.84. The van der Waals surface area contributed by atoms with Gasteiger partial charge in [0.15, 0.2) is 0 Å². The highest BCUT2D eigenvalue weighted by atomic mass is 16.5. The monoisotopic (exact) mass is 256 g/mol. The van der Waals surface area contributed by atoms with Crippen LogP contribution in [0.1, 0.15) is 29.8 Å². The van der Waals surface area contributed by atoms with E-state index in [1.165, 1.54) is 0 Å². The van der Waals surface area contributed by atoms with Crippen molar-refractivity contribution in [2.45, 2.75) is 19.4 Å². The van der Waals surface area contributed by atoms with Crippen LogP contribution >= 0.6 is 0 Å². The van der Waals surface area contributed by atoms with Crippen molar-refractivity contribution in [1.29, 1.82) is 0 Å². The first-order valence-corrected chi connectivity index (χ1v) is 6.07. The standard InChI is InChI=1S/C16H16O3/c1-16(2,18)13-10-8-12(9-11-13)15(17)19-14-6-4-3-5-7-14/h3-11,18H,1-2H3. The van der Waals surface area contributed by atoms with Gasteiger partial charge >= 0.3 is 5.97 Å². The molecule has 0 saturated carbocycles. The van der Waals surface area contributed by atoms with Crippen molar-refractivity contribution < 1.29 is 14.6 Å². The third-order valence-electron chi connectivity index (χ3n) is 2.78. The lowest BCUT2D eigenvalue weighted by molar-refractivity contribution is 0.0727. The van der Waals surface area contributed by atoms with Gasteiger partial charge in [0.2, 0.25) is 0 Å². The molecule has 0 aliphatic carbocycles. The molecule has 1 N–H and O–H groups in total. The molecule has 0 saturated heterocycles. The molecule has 2 aromatic rings. The van der Waals surface area contributed by atoms with Crippen LogP contribution < -0.4 is 4.74 Å². The van der Waals surface area contributed by atoms with Crippen molar-refractivity contribution in [1.82, 2.24) is 0 Å². The summed E-state index contributed by atoms with van der Waals surface area (Å²) in [5, 5.41) is 9.84. The number of para-hydroxylation sites is 1. The molecule has 0 aliphatic heterocycles. The third-order valence-corrected chi connectivity index (χ3v) is 2.78. The van der Waals surface area contributed by atoms with Crippen LogP contribution in [0.5, 0.6) is 5.75 Å². The fourth-order valence-corrected chi connectivity index (χ4v) is 1.67. The van der Waals surface area contributed by atoms with E-state index in [0.717, 1.165) is 5.56 Å². The second kappa shape index (κ2) is 5.24. The Morgan fingerprint density at radius 2 is 1.58 bits per heavy atom. The molecule has 0 fully saturated rings. The topological polar surface area (TPSA) is 46.5 Å². The molecule has 0 heterocycles. The maximum atomic E-state index is 11.9. The zero-order valence-electron chi connectivity index (χ0n) is 11.0. The summed E-state index contributed by atoms with van der Waals surface area (Å²) in [7, 11) is 0. The number of rotatable bonds is 3. The Morgan fingerprint density at radius 3 is 2.11 bits per heavy atom. The van der Waals surface area contributed by atoms with Crippen molar-refractivity contribution in [2.24, 2.45) is 0 Å². The van der Waals surface area contributed by atoms with E-state index >= 15 is 0 Å². The van der Waals surface area contributed by atoms with Crippen LogP contribution in [-0.2, 0) is 5.60 Å². The molecule has 3 heteroatoms. The van der Waals surface area contributed by atoms with Gasteiger partial charge in [-0.05, 0) is 43.7 Å². The summed E-state index contributed by atoms with van der Waals surface area (Å²) in [5.41, 5.74) is 0.294. The molecule has 0 aliphatic rings. The SMILES string of the molecule is CC(C)(O)c1ccc(C(=O)Oc2ccccc2)cc1. The number of carbonyl (C=O) groups is 1. The van der Waals surface area contributed by atoms with Crippen molar-refractivity contribution >= 4 is 5.97 Å². The molecule has 19 heavy (non-hydrogen) atoms. The maximum absolute atomic E-state index is 11.9. The smallest absolute Gasteiger partial charge is 0.343 e. The summed E-state index contributed by atoms with van der Waals surface area (Å²) in [5.74, 6) is 0.104. The highest BCUT2D eigenvalue weighted by molar-refractivity contribution is 5.91. The third kappa shape index (κ3) is 3.42. The fourth-order valence-electron chi connectivity index (χ4n) is 1.67. The zero-order valence-corrected chi connectivity index (χ0v) is 11.0. The predicted molar refractivity (Wildman–Crippen MR) is 73.1 cm³/mol. The Bertz CT molecular complexity index is 551. The Labute approximate surface area is 112 Å². The fraction of sp³-hybridized carbons (Fsp3) is 0.188. The van der Waals surface area contributed by atoms with E-state index in [-0.39, 0.29) is 0 Å². The molecule has 0 aromatic heterocycles. The summed E-state index contributed by atoms with van der Waals surface area (Å²) in [6.45, 7) is 3.40. The Hall–Kier alpha value is -2.13. The molecule has 0 spiro atoms. The molecular weight excluding hydrogens is 240 g/mol. The van der Waals surface area contributed by atoms with Gasteiger partial charge in [0.1, 0.15) is 5.75 Å². The van der Waals surface area contributed by atoms with Gasteiger partial charge in [-0.15, -0.1) is 0 Å². The molecule has 2 rings (SSSR count). The first-order valence-electron chi connectivity index (χ1n) is 6.07. The van der Waals surface area contributed by atoms with Gasteiger partial charge in [-0.1, -0.05) is 30.3 Å². The van der Waals surface area contributed by atoms with E-state index in [2.05, 4.69) is 0 Å². The second-order valence-corrected chi connectivity index (χ2v) is 4.84. The normalized spacial score (nSPS) is 11.1. The highest BCUT2D eigenvalue weighted by Gasteiger charge is 2.16. The van der Waals surface area contributed by atoms with E-state index in [1.807, 2.05) is 6.07 Å². The Kier molecular flexibility index (Phi) is 3.67. The number of hydrogen-bond acceptors (Lipinski definition) is 3. The Balaban J connectivity index is 2.12. The number of benzene rings is 2. The minimum atomic E-state index is -0.915. The summed E-state index contributed by atoms with van der Waals surface area (Å²) < 4.78 is 5.22. The van der Waals surface area contributed by atoms with Crippen molar-refractivity contribution in [2.75, 3.05) is 0 Å². The average Bonchev–Trinajstić information content (AvgIpc) is 2.39. The van der Waals surface area contributed by atoms with E-state index in [9.17, 15) is 9.90 Å².